The summed E-state index contributed by atoms with van der Waals surface area (Å²) in [5.74, 6) is 0. The van der Waals surface area contributed by atoms with E-state index in [0.29, 0.717) is 0 Å². The number of benzene rings is 6. The van der Waals surface area contributed by atoms with Crippen LogP contribution < -0.4 is 0 Å². The van der Waals surface area contributed by atoms with E-state index in [1.165, 1.54) is 65.6 Å². The van der Waals surface area contributed by atoms with E-state index >= 15 is 0 Å². The second-order valence-corrected chi connectivity index (χ2v) is 9.53. The van der Waals surface area contributed by atoms with Crippen molar-refractivity contribution in [1.29, 1.82) is 0 Å². The second kappa shape index (κ2) is 7.34. The van der Waals surface area contributed by atoms with Crippen molar-refractivity contribution in [2.75, 3.05) is 0 Å². The van der Waals surface area contributed by atoms with Crippen LogP contribution in [0, 0.1) is 0 Å². The van der Waals surface area contributed by atoms with Crippen molar-refractivity contribution in [3.63, 3.8) is 0 Å². The molecule has 2 nitrogen and oxygen atoms in total. The van der Waals surface area contributed by atoms with Crippen molar-refractivity contribution in [3.05, 3.63) is 134 Å². The van der Waals surface area contributed by atoms with Crippen LogP contribution in [0.5, 0.6) is 0 Å². The molecule has 0 radical (unpaired) electrons. The first-order valence-corrected chi connectivity index (χ1v) is 12.4. The van der Waals surface area contributed by atoms with Crippen LogP contribution >= 0.6 is 0 Å². The fourth-order valence-corrected chi connectivity index (χ4v) is 5.76. The first-order chi connectivity index (χ1) is 17.8. The highest BCUT2D eigenvalue weighted by atomic mass is 15.0. The molecule has 2 aromatic heterocycles. The number of hydrogen-bond acceptors (Lipinski definition) is 0. The molecule has 2 heterocycles. The third kappa shape index (κ3) is 2.79. The van der Waals surface area contributed by atoms with Crippen molar-refractivity contribution >= 4 is 54.3 Å². The first-order valence-electron chi connectivity index (χ1n) is 12.4. The van der Waals surface area contributed by atoms with Gasteiger partial charge in [0.2, 0.25) is 0 Å². The zero-order chi connectivity index (χ0) is 23.6. The van der Waals surface area contributed by atoms with Gasteiger partial charge in [0, 0.05) is 33.7 Å². The Morgan fingerprint density at radius 3 is 2.03 bits per heavy atom. The number of para-hydroxylation sites is 2. The summed E-state index contributed by atoms with van der Waals surface area (Å²) in [6, 6.07) is 46.2. The van der Waals surface area contributed by atoms with Gasteiger partial charge in [0.25, 0.3) is 0 Å². The minimum atomic E-state index is 1.18. The number of nitrogens with zero attached hydrogens (tertiary/aromatic N) is 2. The molecule has 0 aliphatic carbocycles. The van der Waals surface area contributed by atoms with E-state index in [4.69, 9.17) is 0 Å². The quantitative estimate of drug-likeness (QED) is 0.244. The molecular weight excluding hydrogens is 436 g/mol. The Morgan fingerprint density at radius 1 is 0.361 bits per heavy atom. The minimum absolute atomic E-state index is 1.18. The van der Waals surface area contributed by atoms with Crippen LogP contribution in [0.4, 0.5) is 0 Å². The summed E-state index contributed by atoms with van der Waals surface area (Å²) < 4.78 is 4.69. The average molecular weight is 459 g/mol. The maximum atomic E-state index is 2.41. The standard InChI is InChI=1S/C34H22N2/c1-2-10-28(11-3-1)35-17-16-25-18-26-20-31-30-12-6-7-13-32(30)36(34(31)22-27(26)21-33(25)35)29-15-14-23-8-4-5-9-24(23)19-29/h1-22H. The number of rotatable bonds is 2. The number of hydrogen-bond donors (Lipinski definition) is 0. The molecule has 0 aliphatic rings. The van der Waals surface area contributed by atoms with Crippen LogP contribution in [0.1, 0.15) is 0 Å². The summed E-state index contributed by atoms with van der Waals surface area (Å²) in [7, 11) is 0. The van der Waals surface area contributed by atoms with Crippen LogP contribution in [-0.2, 0) is 0 Å². The van der Waals surface area contributed by atoms with Gasteiger partial charge in [-0.15, -0.1) is 0 Å². The predicted molar refractivity (Wildman–Crippen MR) is 153 cm³/mol. The van der Waals surface area contributed by atoms with Crippen LogP contribution in [0.25, 0.3) is 65.6 Å². The van der Waals surface area contributed by atoms with Gasteiger partial charge in [0.05, 0.1) is 16.6 Å². The molecule has 0 amide bonds. The van der Waals surface area contributed by atoms with E-state index in [-0.39, 0.29) is 0 Å². The SMILES string of the molecule is c1ccc(-n2ccc3cc4cc5c6ccccc6n(-c6ccc7ccccc7c6)c5cc4cc32)cc1. The molecular formula is C34H22N2. The third-order valence-corrected chi connectivity index (χ3v) is 7.46. The van der Waals surface area contributed by atoms with Gasteiger partial charge in [-0.2, -0.15) is 0 Å². The van der Waals surface area contributed by atoms with Crippen molar-refractivity contribution in [2.45, 2.75) is 0 Å². The molecule has 8 rings (SSSR count). The zero-order valence-electron chi connectivity index (χ0n) is 19.6. The summed E-state index contributed by atoms with van der Waals surface area (Å²) >= 11 is 0. The highest BCUT2D eigenvalue weighted by Crippen LogP contribution is 2.37. The lowest BCUT2D eigenvalue weighted by Gasteiger charge is -2.10. The predicted octanol–water partition coefficient (Wildman–Crippen LogP) is 9.03. The third-order valence-electron chi connectivity index (χ3n) is 7.46. The number of fused-ring (bicyclic) bond motifs is 6. The molecule has 36 heavy (non-hydrogen) atoms. The molecule has 0 saturated carbocycles. The summed E-state index contributed by atoms with van der Waals surface area (Å²) in [6.07, 6.45) is 2.17. The molecule has 0 unspecified atom stereocenters. The lowest BCUT2D eigenvalue weighted by atomic mass is 10.0. The molecule has 6 aromatic carbocycles. The first kappa shape index (κ1) is 19.5. The van der Waals surface area contributed by atoms with E-state index in [1.807, 2.05) is 0 Å². The molecule has 0 saturated heterocycles. The highest BCUT2D eigenvalue weighted by Gasteiger charge is 2.14. The van der Waals surface area contributed by atoms with Crippen molar-refractivity contribution in [2.24, 2.45) is 0 Å². The van der Waals surface area contributed by atoms with Crippen LogP contribution in [0.15, 0.2) is 134 Å². The molecule has 0 spiro atoms. The van der Waals surface area contributed by atoms with E-state index in [2.05, 4.69) is 143 Å². The van der Waals surface area contributed by atoms with Gasteiger partial charge >= 0.3 is 0 Å². The van der Waals surface area contributed by atoms with Gasteiger partial charge in [0.1, 0.15) is 0 Å². The maximum Gasteiger partial charge on any atom is 0.0547 e. The summed E-state index contributed by atoms with van der Waals surface area (Å²) in [5.41, 5.74) is 6.06. The number of aromatic nitrogens is 2. The second-order valence-electron chi connectivity index (χ2n) is 9.53. The van der Waals surface area contributed by atoms with Crippen LogP contribution in [0.3, 0.4) is 0 Å². The van der Waals surface area contributed by atoms with E-state index in [1.54, 1.807) is 0 Å². The van der Waals surface area contributed by atoms with Gasteiger partial charge in [-0.1, -0.05) is 66.7 Å². The molecule has 0 fully saturated rings. The maximum absolute atomic E-state index is 2.41. The van der Waals surface area contributed by atoms with Gasteiger partial charge < -0.3 is 9.13 Å². The Morgan fingerprint density at radius 2 is 1.11 bits per heavy atom. The van der Waals surface area contributed by atoms with E-state index in [9.17, 15) is 0 Å². The van der Waals surface area contributed by atoms with Crippen molar-refractivity contribution in [1.82, 2.24) is 9.13 Å². The molecule has 0 atom stereocenters. The van der Waals surface area contributed by atoms with Gasteiger partial charge in [-0.05, 0) is 82.2 Å². The summed E-state index contributed by atoms with van der Waals surface area (Å²) in [6.45, 7) is 0. The van der Waals surface area contributed by atoms with Crippen LogP contribution in [0.2, 0.25) is 0 Å². The van der Waals surface area contributed by atoms with E-state index < -0.39 is 0 Å². The van der Waals surface area contributed by atoms with Crippen LogP contribution in [-0.4, -0.2) is 9.13 Å². The Balaban J connectivity index is 1.45. The monoisotopic (exact) mass is 458 g/mol. The van der Waals surface area contributed by atoms with E-state index in [0.717, 1.165) is 0 Å². The Kier molecular flexibility index (Phi) is 3.97. The minimum Gasteiger partial charge on any atom is -0.317 e. The van der Waals surface area contributed by atoms with Crippen molar-refractivity contribution in [3.8, 4) is 11.4 Å². The molecule has 8 aromatic rings. The molecule has 0 bridgehead atoms. The molecule has 168 valence electrons. The topological polar surface area (TPSA) is 9.86 Å². The van der Waals surface area contributed by atoms with Gasteiger partial charge in [0.15, 0.2) is 0 Å². The van der Waals surface area contributed by atoms with Crippen molar-refractivity contribution < 1.29 is 0 Å². The molecule has 0 aliphatic heterocycles. The summed E-state index contributed by atoms with van der Waals surface area (Å²) in [5, 5.41) is 8.85. The lowest BCUT2D eigenvalue weighted by Crippen LogP contribution is -1.94. The lowest BCUT2D eigenvalue weighted by molar-refractivity contribution is 1.13. The normalized spacial score (nSPS) is 11.9. The fourth-order valence-electron chi connectivity index (χ4n) is 5.76. The Labute approximate surface area is 208 Å². The fraction of sp³-hybridized carbons (Fsp3) is 0. The Hall–Kier alpha value is -4.82. The molecule has 2 heteroatoms. The zero-order valence-corrected chi connectivity index (χ0v) is 19.6. The smallest absolute Gasteiger partial charge is 0.0547 e. The average Bonchev–Trinajstić information content (AvgIpc) is 3.49. The highest BCUT2D eigenvalue weighted by molar-refractivity contribution is 6.15. The Bertz CT molecular complexity index is 2090. The van der Waals surface area contributed by atoms with Gasteiger partial charge in [-0.3, -0.25) is 0 Å². The van der Waals surface area contributed by atoms with Gasteiger partial charge in [-0.25, -0.2) is 0 Å². The molecule has 0 N–H and O–H groups in total. The summed E-state index contributed by atoms with van der Waals surface area (Å²) in [4.78, 5) is 0. The largest absolute Gasteiger partial charge is 0.317 e.